The van der Waals surface area contributed by atoms with Crippen molar-refractivity contribution in [2.75, 3.05) is 0 Å². The van der Waals surface area contributed by atoms with E-state index in [1.807, 2.05) is 22.6 Å². The predicted molar refractivity (Wildman–Crippen MR) is 58.2 cm³/mol. The van der Waals surface area contributed by atoms with Crippen molar-refractivity contribution >= 4 is 48.5 Å². The zero-order valence-corrected chi connectivity index (χ0v) is 10.7. The van der Waals surface area contributed by atoms with Crippen LogP contribution < -0.4 is 5.14 Å². The minimum absolute atomic E-state index is 0.0865. The average molecular weight is 380 g/mol. The van der Waals surface area contributed by atoms with Gasteiger partial charge in [-0.1, -0.05) is 0 Å². The molecule has 0 radical (unpaired) electrons. The largest absolute Gasteiger partial charge is 0.241 e. The van der Waals surface area contributed by atoms with Crippen LogP contribution in [-0.4, -0.2) is 8.42 Å². The second-order valence-electron chi connectivity index (χ2n) is 2.24. The van der Waals surface area contributed by atoms with Crippen molar-refractivity contribution in [2.45, 2.75) is 4.90 Å². The van der Waals surface area contributed by atoms with Crippen molar-refractivity contribution in [1.82, 2.24) is 0 Å². The molecule has 0 aliphatic rings. The molecule has 1 rings (SSSR count). The molecule has 0 atom stereocenters. The number of hydrogen-bond acceptors (Lipinski definition) is 2. The summed E-state index contributed by atoms with van der Waals surface area (Å²) in [6, 6.07) is 2.64. The number of primary sulfonamides is 1. The first-order valence-corrected chi connectivity index (χ1v) is 6.41. The van der Waals surface area contributed by atoms with Gasteiger partial charge in [0.2, 0.25) is 10.0 Å². The van der Waals surface area contributed by atoms with Crippen LogP contribution in [0.1, 0.15) is 0 Å². The van der Waals surface area contributed by atoms with Crippen LogP contribution in [0.5, 0.6) is 0 Å². The first-order chi connectivity index (χ1) is 5.82. The Bertz CT molecular complexity index is 448. The summed E-state index contributed by atoms with van der Waals surface area (Å²) in [5.41, 5.74) is 0. The van der Waals surface area contributed by atoms with Gasteiger partial charge in [-0.15, -0.1) is 0 Å². The van der Waals surface area contributed by atoms with Crippen molar-refractivity contribution in [3.05, 3.63) is 26.0 Å². The van der Waals surface area contributed by atoms with Crippen molar-refractivity contribution in [1.29, 1.82) is 0 Å². The topological polar surface area (TPSA) is 60.2 Å². The maximum atomic E-state index is 13.2. The van der Waals surface area contributed by atoms with Gasteiger partial charge in [0.25, 0.3) is 0 Å². The van der Waals surface area contributed by atoms with Crippen molar-refractivity contribution in [3.8, 4) is 0 Å². The van der Waals surface area contributed by atoms with E-state index in [1.54, 1.807) is 0 Å². The quantitative estimate of drug-likeness (QED) is 0.597. The van der Waals surface area contributed by atoms with E-state index in [-0.39, 0.29) is 4.47 Å². The molecule has 1 aromatic rings. The second kappa shape index (κ2) is 3.79. The first kappa shape index (κ1) is 11.3. The standard InChI is InChI=1S/C6H4BrFINO2S/c7-4-1-3(9)2-5(6(4)8)13(10,11)12/h1-2H,(H2,10,11,12). The van der Waals surface area contributed by atoms with Crippen molar-refractivity contribution < 1.29 is 12.8 Å². The molecule has 0 unspecified atom stereocenters. The van der Waals surface area contributed by atoms with E-state index in [0.29, 0.717) is 3.57 Å². The van der Waals surface area contributed by atoms with Crippen LogP contribution in [-0.2, 0) is 10.0 Å². The fraction of sp³-hybridized carbons (Fsp3) is 0. The fourth-order valence-corrected chi connectivity index (χ4v) is 3.24. The molecule has 2 N–H and O–H groups in total. The van der Waals surface area contributed by atoms with Gasteiger partial charge >= 0.3 is 0 Å². The maximum absolute atomic E-state index is 13.2. The Labute approximate surface area is 96.8 Å². The molecule has 72 valence electrons. The van der Waals surface area contributed by atoms with Crippen LogP contribution in [0.2, 0.25) is 0 Å². The molecule has 13 heavy (non-hydrogen) atoms. The zero-order chi connectivity index (χ0) is 10.2. The molecule has 0 spiro atoms. The Hall–Kier alpha value is 0.270. The molecular weight excluding hydrogens is 376 g/mol. The van der Waals surface area contributed by atoms with E-state index < -0.39 is 20.7 Å². The van der Waals surface area contributed by atoms with Crippen molar-refractivity contribution in [3.63, 3.8) is 0 Å². The summed E-state index contributed by atoms with van der Waals surface area (Å²) in [4.78, 5) is -0.494. The molecule has 0 aliphatic carbocycles. The molecule has 3 nitrogen and oxygen atoms in total. The van der Waals surface area contributed by atoms with Gasteiger partial charge in [-0.05, 0) is 50.7 Å². The summed E-state index contributed by atoms with van der Waals surface area (Å²) in [6.07, 6.45) is 0. The number of halogens is 3. The third-order valence-electron chi connectivity index (χ3n) is 1.27. The Morgan fingerprint density at radius 3 is 2.46 bits per heavy atom. The van der Waals surface area contributed by atoms with Gasteiger partial charge in [-0.2, -0.15) is 0 Å². The molecular formula is C6H4BrFINO2S. The number of rotatable bonds is 1. The highest BCUT2D eigenvalue weighted by Gasteiger charge is 2.17. The minimum atomic E-state index is -3.99. The molecule has 0 aromatic heterocycles. The lowest BCUT2D eigenvalue weighted by Crippen LogP contribution is -2.14. The molecule has 0 aliphatic heterocycles. The Morgan fingerprint density at radius 1 is 1.46 bits per heavy atom. The minimum Gasteiger partial charge on any atom is -0.225 e. The van der Waals surface area contributed by atoms with Crippen LogP contribution >= 0.6 is 38.5 Å². The summed E-state index contributed by atoms with van der Waals surface area (Å²) in [5, 5.41) is 4.80. The SMILES string of the molecule is NS(=O)(=O)c1cc(I)cc(Br)c1F. The van der Waals surface area contributed by atoms with Crippen molar-refractivity contribution in [2.24, 2.45) is 5.14 Å². The monoisotopic (exact) mass is 379 g/mol. The van der Waals surface area contributed by atoms with Crippen LogP contribution in [0.3, 0.4) is 0 Å². The lowest BCUT2D eigenvalue weighted by atomic mass is 10.3. The van der Waals surface area contributed by atoms with Crippen LogP contribution in [0, 0.1) is 9.39 Å². The van der Waals surface area contributed by atoms with E-state index in [4.69, 9.17) is 5.14 Å². The number of sulfonamides is 1. The second-order valence-corrected chi connectivity index (χ2v) is 5.87. The average Bonchev–Trinajstić information content (AvgIpc) is 1.94. The van der Waals surface area contributed by atoms with E-state index in [2.05, 4.69) is 15.9 Å². The van der Waals surface area contributed by atoms with Crippen LogP contribution in [0.15, 0.2) is 21.5 Å². The number of benzene rings is 1. The molecule has 0 saturated heterocycles. The van der Waals surface area contributed by atoms with Gasteiger partial charge in [0.1, 0.15) is 4.90 Å². The normalized spacial score (nSPS) is 11.7. The van der Waals surface area contributed by atoms with Gasteiger partial charge in [0.15, 0.2) is 5.82 Å². The molecule has 1 aromatic carbocycles. The molecule has 0 bridgehead atoms. The van der Waals surface area contributed by atoms with Gasteiger partial charge in [-0.25, -0.2) is 17.9 Å². The highest BCUT2D eigenvalue weighted by Crippen LogP contribution is 2.24. The molecule has 7 heteroatoms. The highest BCUT2D eigenvalue weighted by molar-refractivity contribution is 14.1. The van der Waals surface area contributed by atoms with Crippen LogP contribution in [0.25, 0.3) is 0 Å². The van der Waals surface area contributed by atoms with E-state index in [0.717, 1.165) is 0 Å². The summed E-state index contributed by atoms with van der Waals surface area (Å²) in [7, 11) is -3.99. The van der Waals surface area contributed by atoms with E-state index in [1.165, 1.54) is 12.1 Å². The number of hydrogen-bond donors (Lipinski definition) is 1. The summed E-state index contributed by atoms with van der Waals surface area (Å²) in [5.74, 6) is -0.858. The Balaban J connectivity index is 3.56. The van der Waals surface area contributed by atoms with Gasteiger partial charge in [0, 0.05) is 3.57 Å². The zero-order valence-electron chi connectivity index (χ0n) is 6.09. The van der Waals surface area contributed by atoms with Gasteiger partial charge in [0.05, 0.1) is 4.47 Å². The smallest absolute Gasteiger partial charge is 0.225 e. The van der Waals surface area contributed by atoms with Crippen LogP contribution in [0.4, 0.5) is 4.39 Å². The Kier molecular flexibility index (Phi) is 3.31. The molecule has 0 amide bonds. The summed E-state index contributed by atoms with van der Waals surface area (Å²) >= 11 is 4.76. The lowest BCUT2D eigenvalue weighted by Gasteiger charge is -2.02. The van der Waals surface area contributed by atoms with E-state index in [9.17, 15) is 12.8 Å². The van der Waals surface area contributed by atoms with Gasteiger partial charge < -0.3 is 0 Å². The highest BCUT2D eigenvalue weighted by atomic mass is 127. The fourth-order valence-electron chi connectivity index (χ4n) is 0.739. The lowest BCUT2D eigenvalue weighted by molar-refractivity contribution is 0.564. The van der Waals surface area contributed by atoms with E-state index >= 15 is 0 Å². The van der Waals surface area contributed by atoms with Gasteiger partial charge in [-0.3, -0.25) is 0 Å². The molecule has 0 heterocycles. The Morgan fingerprint density at radius 2 is 2.00 bits per heavy atom. The third-order valence-corrected chi connectivity index (χ3v) is 3.38. The summed E-state index contributed by atoms with van der Waals surface area (Å²) in [6.45, 7) is 0. The summed E-state index contributed by atoms with van der Waals surface area (Å²) < 4.78 is 35.6. The molecule has 0 fully saturated rings. The first-order valence-electron chi connectivity index (χ1n) is 2.99. The third kappa shape index (κ3) is 2.61. The molecule has 0 saturated carbocycles. The predicted octanol–water partition coefficient (Wildman–Crippen LogP) is 1.84. The maximum Gasteiger partial charge on any atom is 0.241 e. The number of nitrogens with two attached hydrogens (primary N) is 1.